The second-order valence-corrected chi connectivity index (χ2v) is 3.65. The number of carboxylic acid groups (broad SMARTS) is 1. The molecule has 1 aromatic carbocycles. The first-order valence-corrected chi connectivity index (χ1v) is 5.43. The Bertz CT molecular complexity index is 381. The summed E-state index contributed by atoms with van der Waals surface area (Å²) >= 11 is 0. The molecular weight excluding hydrogens is 238 g/mol. The highest BCUT2D eigenvalue weighted by Gasteiger charge is 2.14. The van der Waals surface area contributed by atoms with Gasteiger partial charge in [-0.2, -0.15) is 0 Å². The van der Waals surface area contributed by atoms with Gasteiger partial charge >= 0.3 is 5.97 Å². The SMILES string of the molecule is O=CN(CCC(O)C(=O)O)OCc1ccccc1. The van der Waals surface area contributed by atoms with Gasteiger partial charge in [0.25, 0.3) is 0 Å². The summed E-state index contributed by atoms with van der Waals surface area (Å²) in [5.74, 6) is -1.32. The largest absolute Gasteiger partial charge is 0.479 e. The Hall–Kier alpha value is -1.92. The number of aliphatic hydroxyl groups is 1. The highest BCUT2D eigenvalue weighted by Crippen LogP contribution is 2.03. The van der Waals surface area contributed by atoms with Crippen LogP contribution in [0.15, 0.2) is 30.3 Å². The van der Waals surface area contributed by atoms with Crippen LogP contribution in [-0.4, -0.2) is 40.3 Å². The number of aliphatic carboxylic acids is 1. The molecule has 0 saturated carbocycles. The van der Waals surface area contributed by atoms with E-state index < -0.39 is 12.1 Å². The van der Waals surface area contributed by atoms with Gasteiger partial charge in [-0.15, -0.1) is 0 Å². The second kappa shape index (κ2) is 7.41. The molecule has 0 bridgehead atoms. The van der Waals surface area contributed by atoms with Crippen molar-refractivity contribution in [2.45, 2.75) is 19.1 Å². The van der Waals surface area contributed by atoms with Gasteiger partial charge in [-0.1, -0.05) is 30.3 Å². The monoisotopic (exact) mass is 253 g/mol. The maximum atomic E-state index is 10.7. The van der Waals surface area contributed by atoms with E-state index in [1.54, 1.807) is 0 Å². The second-order valence-electron chi connectivity index (χ2n) is 3.65. The summed E-state index contributed by atoms with van der Waals surface area (Å²) in [4.78, 5) is 26.2. The highest BCUT2D eigenvalue weighted by molar-refractivity contribution is 5.71. The van der Waals surface area contributed by atoms with Crippen molar-refractivity contribution in [2.75, 3.05) is 6.54 Å². The summed E-state index contributed by atoms with van der Waals surface area (Å²) in [5, 5.41) is 18.5. The summed E-state index contributed by atoms with van der Waals surface area (Å²) < 4.78 is 0. The average Bonchev–Trinajstić information content (AvgIpc) is 2.39. The van der Waals surface area contributed by atoms with Crippen LogP contribution in [0.3, 0.4) is 0 Å². The molecule has 0 fully saturated rings. The number of hydrogen-bond donors (Lipinski definition) is 2. The quantitative estimate of drug-likeness (QED) is 0.517. The van der Waals surface area contributed by atoms with Crippen molar-refractivity contribution in [3.8, 4) is 0 Å². The normalized spacial score (nSPS) is 11.8. The summed E-state index contributed by atoms with van der Waals surface area (Å²) in [6.45, 7) is 0.229. The molecule has 1 unspecified atom stereocenters. The van der Waals surface area contributed by atoms with Crippen molar-refractivity contribution in [3.05, 3.63) is 35.9 Å². The first kappa shape index (κ1) is 14.1. The zero-order chi connectivity index (χ0) is 13.4. The predicted octanol–water partition coefficient (Wildman–Crippen LogP) is 0.412. The Labute approximate surface area is 104 Å². The standard InChI is InChI=1S/C12H15NO5/c14-9-13(7-6-11(15)12(16)17)18-8-10-4-2-1-3-5-10/h1-5,9,11,15H,6-8H2,(H,16,17). The summed E-state index contributed by atoms with van der Waals surface area (Å²) in [6, 6.07) is 9.24. The van der Waals surface area contributed by atoms with E-state index in [4.69, 9.17) is 15.1 Å². The van der Waals surface area contributed by atoms with E-state index in [0.29, 0.717) is 6.41 Å². The van der Waals surface area contributed by atoms with Crippen LogP contribution in [0.5, 0.6) is 0 Å². The van der Waals surface area contributed by atoms with Crippen molar-refractivity contribution in [1.29, 1.82) is 0 Å². The first-order valence-electron chi connectivity index (χ1n) is 5.43. The third-order valence-corrected chi connectivity index (χ3v) is 2.27. The molecule has 0 aliphatic heterocycles. The van der Waals surface area contributed by atoms with Crippen LogP contribution in [0.2, 0.25) is 0 Å². The van der Waals surface area contributed by atoms with Gasteiger partial charge in [0.1, 0.15) is 6.61 Å². The fraction of sp³-hybridized carbons (Fsp3) is 0.333. The Morgan fingerprint density at radius 1 is 1.39 bits per heavy atom. The molecular formula is C12H15NO5. The molecule has 1 rings (SSSR count). The molecule has 98 valence electrons. The minimum Gasteiger partial charge on any atom is -0.479 e. The molecule has 0 saturated heterocycles. The Morgan fingerprint density at radius 3 is 2.61 bits per heavy atom. The van der Waals surface area contributed by atoms with Gasteiger partial charge in [-0.05, 0) is 5.56 Å². The Morgan fingerprint density at radius 2 is 2.06 bits per heavy atom. The highest BCUT2D eigenvalue weighted by atomic mass is 16.7. The topological polar surface area (TPSA) is 87.1 Å². The van der Waals surface area contributed by atoms with Crippen molar-refractivity contribution >= 4 is 12.4 Å². The number of rotatable bonds is 8. The van der Waals surface area contributed by atoms with Crippen molar-refractivity contribution in [2.24, 2.45) is 0 Å². The van der Waals surface area contributed by atoms with Gasteiger partial charge in [0.2, 0.25) is 6.41 Å². The molecule has 6 heteroatoms. The van der Waals surface area contributed by atoms with Crippen molar-refractivity contribution < 1.29 is 24.6 Å². The summed E-state index contributed by atoms with van der Waals surface area (Å²) in [5.41, 5.74) is 0.892. The molecule has 6 nitrogen and oxygen atoms in total. The number of benzene rings is 1. The zero-order valence-corrected chi connectivity index (χ0v) is 9.73. The number of hydroxylamine groups is 2. The van der Waals surface area contributed by atoms with Gasteiger partial charge in [0.15, 0.2) is 6.10 Å². The van der Waals surface area contributed by atoms with Crippen LogP contribution < -0.4 is 0 Å². The van der Waals surface area contributed by atoms with Gasteiger partial charge in [0.05, 0.1) is 6.54 Å². The predicted molar refractivity (Wildman–Crippen MR) is 62.3 cm³/mol. The molecule has 0 radical (unpaired) electrons. The van der Waals surface area contributed by atoms with Crippen LogP contribution in [0.4, 0.5) is 0 Å². The van der Waals surface area contributed by atoms with E-state index in [1.165, 1.54) is 0 Å². The van der Waals surface area contributed by atoms with E-state index in [0.717, 1.165) is 10.6 Å². The van der Waals surface area contributed by atoms with Gasteiger partial charge in [-0.3, -0.25) is 9.63 Å². The maximum absolute atomic E-state index is 10.7. The van der Waals surface area contributed by atoms with E-state index in [-0.39, 0.29) is 19.6 Å². The van der Waals surface area contributed by atoms with E-state index in [9.17, 15) is 9.59 Å². The lowest BCUT2D eigenvalue weighted by Gasteiger charge is -2.17. The number of aliphatic hydroxyl groups excluding tert-OH is 1. The lowest BCUT2D eigenvalue weighted by Crippen LogP contribution is -2.29. The molecule has 0 spiro atoms. The summed E-state index contributed by atoms with van der Waals surface area (Å²) in [6.07, 6.45) is -1.12. The van der Waals surface area contributed by atoms with Crippen LogP contribution in [-0.2, 0) is 21.0 Å². The van der Waals surface area contributed by atoms with E-state index in [2.05, 4.69) is 0 Å². The fourth-order valence-corrected chi connectivity index (χ4v) is 1.25. The number of amides is 1. The number of hydrogen-bond acceptors (Lipinski definition) is 4. The molecule has 0 heterocycles. The first-order chi connectivity index (χ1) is 8.63. The zero-order valence-electron chi connectivity index (χ0n) is 9.73. The van der Waals surface area contributed by atoms with Crippen LogP contribution in [0, 0.1) is 0 Å². The average molecular weight is 253 g/mol. The molecule has 1 aromatic rings. The summed E-state index contributed by atoms with van der Waals surface area (Å²) in [7, 11) is 0. The molecule has 2 N–H and O–H groups in total. The third-order valence-electron chi connectivity index (χ3n) is 2.27. The van der Waals surface area contributed by atoms with Crippen molar-refractivity contribution in [1.82, 2.24) is 5.06 Å². The number of carboxylic acids is 1. The Balaban J connectivity index is 2.34. The van der Waals surface area contributed by atoms with Crippen LogP contribution >= 0.6 is 0 Å². The van der Waals surface area contributed by atoms with Gasteiger partial charge in [-0.25, -0.2) is 9.86 Å². The van der Waals surface area contributed by atoms with Crippen LogP contribution in [0.25, 0.3) is 0 Å². The molecule has 1 amide bonds. The minimum absolute atomic E-state index is 0.0177. The van der Waals surface area contributed by atoms with Gasteiger partial charge < -0.3 is 10.2 Å². The molecule has 0 aliphatic carbocycles. The number of nitrogens with zero attached hydrogens (tertiary/aromatic N) is 1. The Kier molecular flexibility index (Phi) is 5.83. The fourth-order valence-electron chi connectivity index (χ4n) is 1.25. The van der Waals surface area contributed by atoms with E-state index in [1.807, 2.05) is 30.3 Å². The van der Waals surface area contributed by atoms with Crippen molar-refractivity contribution in [3.63, 3.8) is 0 Å². The molecule has 1 atom stereocenters. The minimum atomic E-state index is -1.49. The van der Waals surface area contributed by atoms with E-state index >= 15 is 0 Å². The number of carbonyl (C=O) groups excluding carboxylic acids is 1. The molecule has 0 aliphatic rings. The van der Waals surface area contributed by atoms with Crippen LogP contribution in [0.1, 0.15) is 12.0 Å². The molecule has 0 aromatic heterocycles. The third kappa shape index (κ3) is 4.94. The lowest BCUT2D eigenvalue weighted by molar-refractivity contribution is -0.180. The maximum Gasteiger partial charge on any atom is 0.332 e. The van der Waals surface area contributed by atoms with Gasteiger partial charge in [0, 0.05) is 6.42 Å². The smallest absolute Gasteiger partial charge is 0.332 e. The molecule has 18 heavy (non-hydrogen) atoms. The lowest BCUT2D eigenvalue weighted by atomic mass is 10.2. The number of carbonyl (C=O) groups is 2.